The first-order chi connectivity index (χ1) is 8.98. The maximum atomic E-state index is 11.5. The van der Waals surface area contributed by atoms with Crippen LogP contribution in [0.1, 0.15) is 19.1 Å². The second kappa shape index (κ2) is 6.07. The van der Waals surface area contributed by atoms with Gasteiger partial charge in [0, 0.05) is 18.6 Å². The molecule has 0 bridgehead atoms. The third-order valence-electron chi connectivity index (χ3n) is 3.80. The summed E-state index contributed by atoms with van der Waals surface area (Å²) < 4.78 is 28.2. The lowest BCUT2D eigenvalue weighted by Gasteiger charge is -2.30. The normalized spacial score (nSPS) is 23.8. The van der Waals surface area contributed by atoms with Crippen molar-refractivity contribution in [3.63, 3.8) is 0 Å². The van der Waals surface area contributed by atoms with E-state index in [0.29, 0.717) is 24.1 Å². The fourth-order valence-electron chi connectivity index (χ4n) is 2.42. The van der Waals surface area contributed by atoms with E-state index in [1.165, 1.54) is 0 Å². The SMILES string of the molecule is CC(CNCc1ccco1)N(C)C1CCS(=O)(=O)C1. The van der Waals surface area contributed by atoms with Gasteiger partial charge < -0.3 is 9.73 Å². The van der Waals surface area contributed by atoms with Crippen molar-refractivity contribution >= 4 is 9.84 Å². The lowest BCUT2D eigenvalue weighted by Crippen LogP contribution is -2.44. The Balaban J connectivity index is 1.75. The Kier molecular flexibility index (Phi) is 4.65. The molecule has 1 saturated heterocycles. The molecule has 6 heteroatoms. The average molecular weight is 286 g/mol. The first kappa shape index (κ1) is 14.6. The molecule has 5 nitrogen and oxygen atoms in total. The van der Waals surface area contributed by atoms with Gasteiger partial charge in [-0.3, -0.25) is 4.90 Å². The van der Waals surface area contributed by atoms with Crippen LogP contribution in [0.3, 0.4) is 0 Å². The van der Waals surface area contributed by atoms with Crippen molar-refractivity contribution in [2.24, 2.45) is 0 Å². The summed E-state index contributed by atoms with van der Waals surface area (Å²) >= 11 is 0. The van der Waals surface area contributed by atoms with Gasteiger partial charge in [0.05, 0.1) is 24.3 Å². The van der Waals surface area contributed by atoms with E-state index < -0.39 is 9.84 Å². The number of sulfone groups is 1. The molecule has 19 heavy (non-hydrogen) atoms. The molecule has 0 aliphatic carbocycles. The minimum atomic E-state index is -2.81. The van der Waals surface area contributed by atoms with E-state index in [1.54, 1.807) is 6.26 Å². The second-order valence-electron chi connectivity index (χ2n) is 5.28. The molecule has 2 heterocycles. The van der Waals surface area contributed by atoms with Gasteiger partial charge in [-0.2, -0.15) is 0 Å². The van der Waals surface area contributed by atoms with Crippen molar-refractivity contribution in [1.29, 1.82) is 0 Å². The second-order valence-corrected chi connectivity index (χ2v) is 7.51. The first-order valence-electron chi connectivity index (χ1n) is 6.63. The van der Waals surface area contributed by atoms with Gasteiger partial charge in [-0.15, -0.1) is 0 Å². The Hall–Kier alpha value is -0.850. The van der Waals surface area contributed by atoms with Crippen LogP contribution < -0.4 is 5.32 Å². The lowest BCUT2D eigenvalue weighted by atomic mass is 10.2. The summed E-state index contributed by atoms with van der Waals surface area (Å²) in [7, 11) is -0.802. The van der Waals surface area contributed by atoms with E-state index >= 15 is 0 Å². The summed E-state index contributed by atoms with van der Waals surface area (Å²) in [6, 6.07) is 4.26. The highest BCUT2D eigenvalue weighted by atomic mass is 32.2. The number of hydrogen-bond acceptors (Lipinski definition) is 5. The monoisotopic (exact) mass is 286 g/mol. The van der Waals surface area contributed by atoms with Crippen LogP contribution >= 0.6 is 0 Å². The molecule has 0 radical (unpaired) electrons. The average Bonchev–Trinajstić information content (AvgIpc) is 2.97. The molecule has 1 fully saturated rings. The summed E-state index contributed by atoms with van der Waals surface area (Å²) in [5.41, 5.74) is 0. The molecule has 1 aromatic heterocycles. The smallest absolute Gasteiger partial charge is 0.151 e. The zero-order chi connectivity index (χ0) is 13.9. The van der Waals surface area contributed by atoms with Gasteiger partial charge in [-0.25, -0.2) is 8.42 Å². The van der Waals surface area contributed by atoms with Crippen LogP contribution in [0.15, 0.2) is 22.8 Å². The molecule has 2 atom stereocenters. The number of nitrogens with one attached hydrogen (secondary N) is 1. The number of hydrogen-bond donors (Lipinski definition) is 1. The third kappa shape index (κ3) is 4.06. The summed E-state index contributed by atoms with van der Waals surface area (Å²) in [5, 5.41) is 3.33. The highest BCUT2D eigenvalue weighted by Gasteiger charge is 2.32. The lowest BCUT2D eigenvalue weighted by molar-refractivity contribution is 0.194. The van der Waals surface area contributed by atoms with Gasteiger partial charge in [-0.1, -0.05) is 0 Å². The molecular formula is C13H22N2O3S. The topological polar surface area (TPSA) is 62.6 Å². The number of furan rings is 1. The number of rotatable bonds is 6. The Morgan fingerprint density at radius 1 is 1.58 bits per heavy atom. The molecule has 0 spiro atoms. The molecule has 1 aliphatic rings. The van der Waals surface area contributed by atoms with Crippen molar-refractivity contribution < 1.29 is 12.8 Å². The van der Waals surface area contributed by atoms with Crippen LogP contribution in [0.2, 0.25) is 0 Å². The Bertz CT molecular complexity index is 484. The van der Waals surface area contributed by atoms with Gasteiger partial charge in [0.1, 0.15) is 5.76 Å². The predicted molar refractivity (Wildman–Crippen MR) is 74.7 cm³/mol. The highest BCUT2D eigenvalue weighted by Crippen LogP contribution is 2.18. The van der Waals surface area contributed by atoms with E-state index in [1.807, 2.05) is 19.2 Å². The molecule has 0 amide bonds. The zero-order valence-corrected chi connectivity index (χ0v) is 12.3. The molecule has 0 saturated carbocycles. The molecule has 108 valence electrons. The quantitative estimate of drug-likeness (QED) is 0.841. The summed E-state index contributed by atoms with van der Waals surface area (Å²) in [4.78, 5) is 2.17. The summed E-state index contributed by atoms with van der Waals surface area (Å²) in [6.07, 6.45) is 2.41. The fourth-order valence-corrected chi connectivity index (χ4v) is 4.20. The van der Waals surface area contributed by atoms with Gasteiger partial charge in [0.15, 0.2) is 9.84 Å². The Morgan fingerprint density at radius 3 is 2.95 bits per heavy atom. The molecule has 0 aromatic carbocycles. The third-order valence-corrected chi connectivity index (χ3v) is 5.55. The standard InChI is InChI=1S/C13H22N2O3S/c1-11(8-14-9-13-4-3-6-18-13)15(2)12-5-7-19(16,17)10-12/h3-4,6,11-12,14H,5,7-10H2,1-2H3. The Morgan fingerprint density at radius 2 is 2.37 bits per heavy atom. The molecule has 2 rings (SSSR count). The molecule has 1 N–H and O–H groups in total. The number of likely N-dealkylation sites (N-methyl/N-ethyl adjacent to an activating group) is 1. The van der Waals surface area contributed by atoms with Crippen molar-refractivity contribution in [3.8, 4) is 0 Å². The molecule has 1 aliphatic heterocycles. The highest BCUT2D eigenvalue weighted by molar-refractivity contribution is 7.91. The maximum Gasteiger partial charge on any atom is 0.151 e. The zero-order valence-electron chi connectivity index (χ0n) is 11.5. The van der Waals surface area contributed by atoms with Gasteiger partial charge >= 0.3 is 0 Å². The molecule has 2 unspecified atom stereocenters. The van der Waals surface area contributed by atoms with Gasteiger partial charge in [-0.05, 0) is 32.5 Å². The van der Waals surface area contributed by atoms with Crippen LogP contribution in [0.25, 0.3) is 0 Å². The van der Waals surface area contributed by atoms with Crippen LogP contribution in [0.4, 0.5) is 0 Å². The van der Waals surface area contributed by atoms with E-state index in [4.69, 9.17) is 4.42 Å². The van der Waals surface area contributed by atoms with Crippen LogP contribution in [0, 0.1) is 0 Å². The van der Waals surface area contributed by atoms with E-state index in [2.05, 4.69) is 17.1 Å². The molecule has 1 aromatic rings. The molecular weight excluding hydrogens is 264 g/mol. The van der Waals surface area contributed by atoms with Crippen molar-refractivity contribution in [2.45, 2.75) is 32.0 Å². The van der Waals surface area contributed by atoms with Crippen molar-refractivity contribution in [3.05, 3.63) is 24.2 Å². The summed E-state index contributed by atoms with van der Waals surface area (Å²) in [6.45, 7) is 3.63. The van der Waals surface area contributed by atoms with Gasteiger partial charge in [0.25, 0.3) is 0 Å². The van der Waals surface area contributed by atoms with Crippen LogP contribution in [-0.4, -0.2) is 50.5 Å². The van der Waals surface area contributed by atoms with Crippen molar-refractivity contribution in [1.82, 2.24) is 10.2 Å². The largest absolute Gasteiger partial charge is 0.468 e. The van der Waals surface area contributed by atoms with E-state index in [-0.39, 0.29) is 6.04 Å². The van der Waals surface area contributed by atoms with E-state index in [0.717, 1.165) is 18.7 Å². The van der Waals surface area contributed by atoms with Gasteiger partial charge in [0.2, 0.25) is 0 Å². The van der Waals surface area contributed by atoms with Crippen LogP contribution in [-0.2, 0) is 16.4 Å². The summed E-state index contributed by atoms with van der Waals surface area (Å²) in [5.74, 6) is 1.54. The number of nitrogens with zero attached hydrogens (tertiary/aromatic N) is 1. The van der Waals surface area contributed by atoms with Crippen molar-refractivity contribution in [2.75, 3.05) is 25.1 Å². The van der Waals surface area contributed by atoms with Crippen LogP contribution in [0.5, 0.6) is 0 Å². The minimum absolute atomic E-state index is 0.158. The maximum absolute atomic E-state index is 11.5. The first-order valence-corrected chi connectivity index (χ1v) is 8.45. The predicted octanol–water partition coefficient (Wildman–Crippen LogP) is 0.877. The van der Waals surface area contributed by atoms with E-state index in [9.17, 15) is 8.42 Å². The minimum Gasteiger partial charge on any atom is -0.468 e. The Labute approximate surface area is 114 Å². The fraction of sp³-hybridized carbons (Fsp3) is 0.692.